The Hall–Kier alpha value is -1.77. The van der Waals surface area contributed by atoms with E-state index >= 15 is 0 Å². The summed E-state index contributed by atoms with van der Waals surface area (Å²) in [5, 5.41) is 0. The Morgan fingerprint density at radius 1 is 0.958 bits per heavy atom. The normalized spacial score (nSPS) is 10.2. The molecule has 0 radical (unpaired) electrons. The molecule has 0 saturated carbocycles. The van der Waals surface area contributed by atoms with Gasteiger partial charge in [-0.25, -0.2) is 8.78 Å². The van der Waals surface area contributed by atoms with Crippen molar-refractivity contribution in [1.29, 1.82) is 0 Å². The lowest BCUT2D eigenvalue weighted by Crippen LogP contribution is -2.21. The van der Waals surface area contributed by atoms with Crippen LogP contribution in [0.4, 0.5) is 8.78 Å². The van der Waals surface area contributed by atoms with Crippen LogP contribution in [0.2, 0.25) is 0 Å². The Morgan fingerprint density at radius 3 is 2.00 bits per heavy atom. The molecule has 1 aromatic carbocycles. The number of aromatic nitrogens is 1. The number of halogens is 2. The molecule has 0 amide bonds. The fourth-order valence-corrected chi connectivity index (χ4v) is 2.45. The van der Waals surface area contributed by atoms with Gasteiger partial charge in [0.2, 0.25) is 0 Å². The van der Waals surface area contributed by atoms with Crippen molar-refractivity contribution in [1.82, 2.24) is 4.98 Å². The summed E-state index contributed by atoms with van der Waals surface area (Å²) in [5.74, 6) is -1.09. The lowest BCUT2D eigenvalue weighted by molar-refractivity contribution is 0.433. The van der Waals surface area contributed by atoms with Crippen LogP contribution in [0.3, 0.4) is 0 Å². The SMILES string of the molecule is CC.CC.CCC(C)(CC)c1cc(F)cc(F)c1-c1ccccn1. The third kappa shape index (κ3) is 5.12. The van der Waals surface area contributed by atoms with Crippen LogP contribution >= 0.6 is 0 Å². The molecule has 134 valence electrons. The zero-order valence-electron chi connectivity index (χ0n) is 16.1. The molecule has 0 aliphatic carbocycles. The van der Waals surface area contributed by atoms with Crippen molar-refractivity contribution in [3.63, 3.8) is 0 Å². The molecule has 2 aromatic rings. The van der Waals surface area contributed by atoms with Gasteiger partial charge in [-0.05, 0) is 42.0 Å². The van der Waals surface area contributed by atoms with E-state index in [1.54, 1.807) is 18.3 Å². The highest BCUT2D eigenvalue weighted by molar-refractivity contribution is 5.66. The number of hydrogen-bond acceptors (Lipinski definition) is 1. The smallest absolute Gasteiger partial charge is 0.135 e. The summed E-state index contributed by atoms with van der Waals surface area (Å²) in [4.78, 5) is 4.22. The highest BCUT2D eigenvalue weighted by atomic mass is 19.1. The van der Waals surface area contributed by atoms with Gasteiger partial charge < -0.3 is 0 Å². The fraction of sp³-hybridized carbons (Fsp3) is 0.476. The lowest BCUT2D eigenvalue weighted by atomic mass is 9.75. The second kappa shape index (κ2) is 10.9. The van der Waals surface area contributed by atoms with Crippen LogP contribution in [0.15, 0.2) is 36.5 Å². The largest absolute Gasteiger partial charge is 0.256 e. The summed E-state index contributed by atoms with van der Waals surface area (Å²) in [6, 6.07) is 7.72. The van der Waals surface area contributed by atoms with Gasteiger partial charge in [0.15, 0.2) is 0 Å². The van der Waals surface area contributed by atoms with Crippen molar-refractivity contribution >= 4 is 0 Å². The first-order valence-corrected chi connectivity index (χ1v) is 8.92. The first kappa shape index (κ1) is 22.2. The van der Waals surface area contributed by atoms with Gasteiger partial charge in [0.25, 0.3) is 0 Å². The zero-order chi connectivity index (χ0) is 18.8. The molecular weight excluding hydrogens is 304 g/mol. The minimum atomic E-state index is -0.549. The molecule has 0 unspecified atom stereocenters. The average molecular weight is 335 g/mol. The second-order valence-electron chi connectivity index (χ2n) is 5.29. The minimum Gasteiger partial charge on any atom is -0.256 e. The number of benzene rings is 1. The van der Waals surface area contributed by atoms with Gasteiger partial charge in [0.05, 0.1) is 5.69 Å². The first-order chi connectivity index (χ1) is 11.5. The molecule has 0 saturated heterocycles. The molecule has 24 heavy (non-hydrogen) atoms. The third-order valence-electron chi connectivity index (χ3n) is 4.19. The number of rotatable bonds is 4. The van der Waals surface area contributed by atoms with Crippen LogP contribution in [0, 0.1) is 11.6 Å². The van der Waals surface area contributed by atoms with Crippen molar-refractivity contribution in [2.75, 3.05) is 0 Å². The van der Waals surface area contributed by atoms with Crippen LogP contribution in [0.25, 0.3) is 11.3 Å². The van der Waals surface area contributed by atoms with Gasteiger partial charge in [-0.15, -0.1) is 0 Å². The van der Waals surface area contributed by atoms with E-state index in [0.29, 0.717) is 16.8 Å². The maximum absolute atomic E-state index is 14.3. The molecule has 2 rings (SSSR count). The quantitative estimate of drug-likeness (QED) is 0.577. The predicted octanol–water partition coefficient (Wildman–Crippen LogP) is 7.16. The summed E-state index contributed by atoms with van der Waals surface area (Å²) in [6.45, 7) is 14.1. The van der Waals surface area contributed by atoms with E-state index in [9.17, 15) is 8.78 Å². The Kier molecular flexibility index (Phi) is 10.1. The Labute approximate surface area is 146 Å². The molecule has 0 spiro atoms. The van der Waals surface area contributed by atoms with Gasteiger partial charge in [-0.2, -0.15) is 0 Å². The van der Waals surface area contributed by atoms with Crippen LogP contribution in [-0.4, -0.2) is 4.98 Å². The number of nitrogens with zero attached hydrogens (tertiary/aromatic N) is 1. The number of pyridine rings is 1. The third-order valence-corrected chi connectivity index (χ3v) is 4.19. The minimum absolute atomic E-state index is 0.268. The van der Waals surface area contributed by atoms with E-state index in [1.807, 2.05) is 54.5 Å². The fourth-order valence-electron chi connectivity index (χ4n) is 2.45. The predicted molar refractivity (Wildman–Crippen MR) is 100 cm³/mol. The monoisotopic (exact) mass is 335 g/mol. The van der Waals surface area contributed by atoms with Gasteiger partial charge in [-0.3, -0.25) is 4.98 Å². The summed E-state index contributed by atoms with van der Waals surface area (Å²) in [7, 11) is 0. The van der Waals surface area contributed by atoms with E-state index in [4.69, 9.17) is 0 Å². The van der Waals surface area contributed by atoms with Gasteiger partial charge in [0, 0.05) is 17.8 Å². The highest BCUT2D eigenvalue weighted by Crippen LogP contribution is 2.39. The van der Waals surface area contributed by atoms with Crippen molar-refractivity contribution < 1.29 is 8.78 Å². The van der Waals surface area contributed by atoms with E-state index in [1.165, 1.54) is 6.07 Å². The van der Waals surface area contributed by atoms with Crippen LogP contribution in [0.1, 0.15) is 66.9 Å². The molecule has 0 aliphatic rings. The van der Waals surface area contributed by atoms with Gasteiger partial charge in [0.1, 0.15) is 11.6 Å². The molecule has 1 heterocycles. The summed E-state index contributed by atoms with van der Waals surface area (Å²) >= 11 is 0. The molecule has 1 aromatic heterocycles. The van der Waals surface area contributed by atoms with Crippen molar-refractivity contribution in [2.24, 2.45) is 0 Å². The molecule has 3 heteroatoms. The second-order valence-corrected chi connectivity index (χ2v) is 5.29. The Morgan fingerprint density at radius 2 is 1.54 bits per heavy atom. The highest BCUT2D eigenvalue weighted by Gasteiger charge is 2.28. The molecule has 0 aliphatic heterocycles. The maximum Gasteiger partial charge on any atom is 0.135 e. The van der Waals surface area contributed by atoms with E-state index in [-0.39, 0.29) is 5.41 Å². The van der Waals surface area contributed by atoms with Gasteiger partial charge in [-0.1, -0.05) is 54.5 Å². The van der Waals surface area contributed by atoms with Crippen molar-refractivity contribution in [2.45, 2.75) is 66.7 Å². The summed E-state index contributed by atoms with van der Waals surface area (Å²) in [5.41, 5.74) is 1.39. The van der Waals surface area contributed by atoms with E-state index in [2.05, 4.69) is 4.98 Å². The van der Waals surface area contributed by atoms with Gasteiger partial charge >= 0.3 is 0 Å². The molecule has 0 bridgehead atoms. The standard InChI is InChI=1S/C17H19F2N.2C2H6/c1-4-17(3,5-2)13-10-12(18)11-14(19)16(13)15-8-6-7-9-20-15;2*1-2/h6-11H,4-5H2,1-3H3;2*1-2H3. The molecule has 0 N–H and O–H groups in total. The first-order valence-electron chi connectivity index (χ1n) is 8.92. The molecular formula is C21H31F2N. The van der Waals surface area contributed by atoms with E-state index in [0.717, 1.165) is 18.9 Å². The Balaban J connectivity index is 0.00000123. The lowest BCUT2D eigenvalue weighted by Gasteiger charge is -2.30. The van der Waals surface area contributed by atoms with Crippen molar-refractivity contribution in [3.8, 4) is 11.3 Å². The van der Waals surface area contributed by atoms with Crippen LogP contribution < -0.4 is 0 Å². The summed E-state index contributed by atoms with van der Waals surface area (Å²) < 4.78 is 28.0. The zero-order valence-corrected chi connectivity index (χ0v) is 16.1. The molecule has 0 fully saturated rings. The summed E-state index contributed by atoms with van der Waals surface area (Å²) in [6.07, 6.45) is 3.25. The molecule has 1 nitrogen and oxygen atoms in total. The average Bonchev–Trinajstić information content (AvgIpc) is 2.64. The Bertz CT molecular complexity index is 590. The number of hydrogen-bond donors (Lipinski definition) is 0. The van der Waals surface area contributed by atoms with Crippen LogP contribution in [0.5, 0.6) is 0 Å². The maximum atomic E-state index is 14.3. The molecule has 0 atom stereocenters. The van der Waals surface area contributed by atoms with E-state index < -0.39 is 11.6 Å². The van der Waals surface area contributed by atoms with Crippen LogP contribution in [-0.2, 0) is 5.41 Å². The van der Waals surface area contributed by atoms with Crippen molar-refractivity contribution in [3.05, 3.63) is 53.7 Å². The topological polar surface area (TPSA) is 12.9 Å².